The first-order chi connectivity index (χ1) is 12.1. The van der Waals surface area contributed by atoms with Gasteiger partial charge in [-0.15, -0.1) is 0 Å². The van der Waals surface area contributed by atoms with Crippen LogP contribution in [-0.2, 0) is 0 Å². The highest BCUT2D eigenvalue weighted by Gasteiger charge is 2.14. The molecule has 0 aliphatic heterocycles. The molecule has 2 amide bonds. The van der Waals surface area contributed by atoms with Crippen molar-refractivity contribution in [3.8, 4) is 11.5 Å². The molecule has 3 aromatic rings. The highest BCUT2D eigenvalue weighted by molar-refractivity contribution is 6.33. The van der Waals surface area contributed by atoms with Crippen LogP contribution in [0.15, 0.2) is 64.0 Å². The van der Waals surface area contributed by atoms with E-state index in [1.165, 1.54) is 24.5 Å². The van der Waals surface area contributed by atoms with Crippen molar-refractivity contribution in [1.82, 2.24) is 15.8 Å². The molecular weight excluding hydrogens is 346 g/mol. The molecule has 8 heteroatoms. The minimum absolute atomic E-state index is 0.158. The molecule has 0 saturated heterocycles. The van der Waals surface area contributed by atoms with Gasteiger partial charge in [-0.2, -0.15) is 0 Å². The van der Waals surface area contributed by atoms with Crippen molar-refractivity contribution >= 4 is 23.4 Å². The molecule has 0 atom stereocenters. The predicted molar refractivity (Wildman–Crippen MR) is 91.1 cm³/mol. The molecule has 1 aromatic carbocycles. The van der Waals surface area contributed by atoms with Crippen LogP contribution < -0.4 is 16.4 Å². The third-order valence-electron chi connectivity index (χ3n) is 3.35. The fourth-order valence-corrected chi connectivity index (χ4v) is 2.34. The largest absolute Gasteiger partial charge is 0.463 e. The molecule has 126 valence electrons. The van der Waals surface area contributed by atoms with E-state index in [4.69, 9.17) is 16.0 Å². The van der Waals surface area contributed by atoms with E-state index in [9.17, 15) is 14.4 Å². The lowest BCUT2D eigenvalue weighted by atomic mass is 10.2. The number of nitrogens with one attached hydrogen (secondary N) is 3. The number of hydrogen-bond acceptors (Lipinski definition) is 4. The molecule has 0 bridgehead atoms. The van der Waals surface area contributed by atoms with E-state index in [2.05, 4.69) is 15.8 Å². The van der Waals surface area contributed by atoms with Crippen molar-refractivity contribution in [1.29, 1.82) is 0 Å². The molecule has 7 nitrogen and oxygen atoms in total. The zero-order valence-corrected chi connectivity index (χ0v) is 13.5. The quantitative estimate of drug-likeness (QED) is 0.626. The van der Waals surface area contributed by atoms with Gasteiger partial charge in [0.15, 0.2) is 0 Å². The molecule has 3 rings (SSSR count). The SMILES string of the molecule is O=C(NNC(=O)c1ccc(-c2ccco2)[nH]c1=O)c1ccccc1Cl. The summed E-state index contributed by atoms with van der Waals surface area (Å²) < 4.78 is 5.17. The Hall–Kier alpha value is -3.32. The Morgan fingerprint density at radius 2 is 1.64 bits per heavy atom. The fourth-order valence-electron chi connectivity index (χ4n) is 2.12. The molecule has 3 N–H and O–H groups in total. The summed E-state index contributed by atoms with van der Waals surface area (Å²) in [5, 5.41) is 0.245. The lowest BCUT2D eigenvalue weighted by molar-refractivity contribution is 0.0846. The Morgan fingerprint density at radius 1 is 0.920 bits per heavy atom. The molecule has 25 heavy (non-hydrogen) atoms. The number of H-pyrrole nitrogens is 1. The van der Waals surface area contributed by atoms with E-state index in [1.54, 1.807) is 30.3 Å². The first-order valence-electron chi connectivity index (χ1n) is 7.18. The average Bonchev–Trinajstić information content (AvgIpc) is 3.14. The molecule has 0 aliphatic carbocycles. The molecule has 0 radical (unpaired) electrons. The lowest BCUT2D eigenvalue weighted by Crippen LogP contribution is -2.43. The van der Waals surface area contributed by atoms with Crippen LogP contribution in [-0.4, -0.2) is 16.8 Å². The zero-order chi connectivity index (χ0) is 17.8. The van der Waals surface area contributed by atoms with Crippen LogP contribution in [0, 0.1) is 0 Å². The highest BCUT2D eigenvalue weighted by Crippen LogP contribution is 2.16. The number of benzene rings is 1. The summed E-state index contributed by atoms with van der Waals surface area (Å²) in [4.78, 5) is 38.7. The van der Waals surface area contributed by atoms with Gasteiger partial charge < -0.3 is 9.40 Å². The first kappa shape index (κ1) is 16.5. The second-order valence-electron chi connectivity index (χ2n) is 4.98. The van der Waals surface area contributed by atoms with Gasteiger partial charge in [-0.1, -0.05) is 23.7 Å². The van der Waals surface area contributed by atoms with Gasteiger partial charge in [0.05, 0.1) is 22.5 Å². The van der Waals surface area contributed by atoms with Crippen molar-refractivity contribution in [2.45, 2.75) is 0 Å². The van der Waals surface area contributed by atoms with Gasteiger partial charge in [0.25, 0.3) is 17.4 Å². The van der Waals surface area contributed by atoms with Crippen LogP contribution in [0.4, 0.5) is 0 Å². The molecule has 2 heterocycles. The summed E-state index contributed by atoms with van der Waals surface area (Å²) >= 11 is 5.91. The number of amides is 2. The van der Waals surface area contributed by atoms with Gasteiger partial charge in [0, 0.05) is 0 Å². The van der Waals surface area contributed by atoms with Crippen molar-refractivity contribution < 1.29 is 14.0 Å². The Kier molecular flexibility index (Phi) is 4.67. The van der Waals surface area contributed by atoms with Crippen LogP contribution in [0.5, 0.6) is 0 Å². The van der Waals surface area contributed by atoms with Crippen LogP contribution in [0.3, 0.4) is 0 Å². The fraction of sp³-hybridized carbons (Fsp3) is 0. The van der Waals surface area contributed by atoms with E-state index in [0.29, 0.717) is 11.5 Å². The zero-order valence-electron chi connectivity index (χ0n) is 12.7. The molecule has 0 unspecified atom stereocenters. The van der Waals surface area contributed by atoms with Gasteiger partial charge in [-0.3, -0.25) is 25.2 Å². The number of pyridine rings is 1. The van der Waals surface area contributed by atoms with Gasteiger partial charge in [0.2, 0.25) is 0 Å². The minimum Gasteiger partial charge on any atom is -0.463 e. The maximum atomic E-state index is 12.1. The first-order valence-corrected chi connectivity index (χ1v) is 7.56. The van der Waals surface area contributed by atoms with Crippen LogP contribution >= 0.6 is 11.6 Å². The molecule has 0 saturated carbocycles. The molecule has 2 aromatic heterocycles. The van der Waals surface area contributed by atoms with Crippen molar-refractivity contribution in [3.63, 3.8) is 0 Å². The van der Waals surface area contributed by atoms with Crippen LogP contribution in [0.1, 0.15) is 20.7 Å². The number of rotatable bonds is 3. The smallest absolute Gasteiger partial charge is 0.275 e. The summed E-state index contributed by atoms with van der Waals surface area (Å²) in [5.74, 6) is -0.883. The minimum atomic E-state index is -0.757. The van der Waals surface area contributed by atoms with Gasteiger partial charge >= 0.3 is 0 Å². The van der Waals surface area contributed by atoms with Crippen LogP contribution in [0.2, 0.25) is 5.02 Å². The molecule has 0 spiro atoms. The van der Waals surface area contributed by atoms with Crippen molar-refractivity contribution in [3.05, 3.63) is 81.3 Å². The van der Waals surface area contributed by atoms with Crippen molar-refractivity contribution in [2.75, 3.05) is 0 Å². The summed E-state index contributed by atoms with van der Waals surface area (Å²) in [6.07, 6.45) is 1.47. The Labute approximate surface area is 146 Å². The predicted octanol–water partition coefficient (Wildman–Crippen LogP) is 2.36. The number of hydrogen-bond donors (Lipinski definition) is 3. The van der Waals surface area contributed by atoms with E-state index in [1.807, 2.05) is 0 Å². The molecule has 0 aliphatic rings. The van der Waals surface area contributed by atoms with Gasteiger partial charge in [-0.25, -0.2) is 0 Å². The summed E-state index contributed by atoms with van der Waals surface area (Å²) in [5.41, 5.74) is 4.26. The number of furan rings is 1. The molecular formula is C17H12ClN3O4. The number of halogens is 1. The van der Waals surface area contributed by atoms with E-state index in [0.717, 1.165) is 0 Å². The van der Waals surface area contributed by atoms with E-state index >= 15 is 0 Å². The number of aromatic nitrogens is 1. The Balaban J connectivity index is 1.70. The van der Waals surface area contributed by atoms with Gasteiger partial charge in [0.1, 0.15) is 11.3 Å². The summed E-state index contributed by atoms with van der Waals surface area (Å²) in [7, 11) is 0. The number of hydrazine groups is 1. The Morgan fingerprint density at radius 3 is 2.28 bits per heavy atom. The number of carbonyl (C=O) groups is 2. The third kappa shape index (κ3) is 3.61. The van der Waals surface area contributed by atoms with Gasteiger partial charge in [-0.05, 0) is 36.4 Å². The molecule has 0 fully saturated rings. The highest BCUT2D eigenvalue weighted by atomic mass is 35.5. The standard InChI is InChI=1S/C17H12ClN3O4/c18-12-5-2-1-4-10(12)16(23)20-21-17(24)11-7-8-13(19-15(11)22)14-6-3-9-25-14/h1-9H,(H,19,22)(H,20,23)(H,21,24). The maximum absolute atomic E-state index is 12.1. The second-order valence-corrected chi connectivity index (χ2v) is 5.39. The Bertz CT molecular complexity index is 980. The third-order valence-corrected chi connectivity index (χ3v) is 3.68. The number of aromatic amines is 1. The maximum Gasteiger partial charge on any atom is 0.275 e. The summed E-state index contributed by atoms with van der Waals surface area (Å²) in [6, 6.07) is 12.6. The lowest BCUT2D eigenvalue weighted by Gasteiger charge is -2.08. The van der Waals surface area contributed by atoms with E-state index in [-0.39, 0.29) is 16.1 Å². The number of carbonyl (C=O) groups excluding carboxylic acids is 2. The average molecular weight is 358 g/mol. The topological polar surface area (TPSA) is 104 Å². The second kappa shape index (κ2) is 7.06. The van der Waals surface area contributed by atoms with Crippen molar-refractivity contribution in [2.24, 2.45) is 0 Å². The normalized spacial score (nSPS) is 10.3. The summed E-state index contributed by atoms with van der Waals surface area (Å²) in [6.45, 7) is 0. The van der Waals surface area contributed by atoms with Crippen LogP contribution in [0.25, 0.3) is 11.5 Å². The monoisotopic (exact) mass is 357 g/mol. The van der Waals surface area contributed by atoms with E-state index < -0.39 is 17.4 Å².